The number of carbonyl (C=O) groups is 2. The van der Waals surface area contributed by atoms with Crippen molar-refractivity contribution in [2.45, 2.75) is 33.6 Å². The summed E-state index contributed by atoms with van der Waals surface area (Å²) in [5.74, 6) is -0.425. The van der Waals surface area contributed by atoms with E-state index in [9.17, 15) is 9.59 Å². The van der Waals surface area contributed by atoms with Crippen LogP contribution in [0.4, 0.5) is 5.69 Å². The molecule has 150 valence electrons. The number of carbonyl (C=O) groups excluding carboxylic acids is 2. The van der Waals surface area contributed by atoms with Crippen molar-refractivity contribution in [2.75, 3.05) is 38.2 Å². The number of aryl methyl sites for hydroxylation is 2. The van der Waals surface area contributed by atoms with Gasteiger partial charge in [-0.15, -0.1) is 0 Å². The number of methoxy groups -OCH3 is 1. The monoisotopic (exact) mass is 383 g/mol. The highest BCUT2D eigenvalue weighted by Crippen LogP contribution is 2.24. The van der Waals surface area contributed by atoms with Crippen LogP contribution in [0.1, 0.15) is 51.0 Å². The highest BCUT2D eigenvalue weighted by Gasteiger charge is 2.29. The topological polar surface area (TPSA) is 65.6 Å². The molecule has 1 aliphatic heterocycles. The van der Waals surface area contributed by atoms with Gasteiger partial charge in [0.1, 0.15) is 5.69 Å². The minimum Gasteiger partial charge on any atom is -0.465 e. The Morgan fingerprint density at radius 3 is 2.46 bits per heavy atom. The van der Waals surface area contributed by atoms with Gasteiger partial charge in [0.2, 0.25) is 0 Å². The number of hydrogen-bond acceptors (Lipinski definition) is 4. The number of anilines is 1. The van der Waals surface area contributed by atoms with E-state index >= 15 is 0 Å². The molecule has 1 aromatic heterocycles. The largest absolute Gasteiger partial charge is 0.465 e. The van der Waals surface area contributed by atoms with Gasteiger partial charge in [0, 0.05) is 37.6 Å². The molecule has 0 unspecified atom stereocenters. The van der Waals surface area contributed by atoms with Crippen LogP contribution in [0.3, 0.4) is 0 Å². The molecule has 1 aromatic carbocycles. The number of nitrogens with one attached hydrogen (secondary N) is 1. The van der Waals surface area contributed by atoms with Crippen LogP contribution in [0.15, 0.2) is 24.3 Å². The van der Waals surface area contributed by atoms with Crippen LogP contribution in [0.2, 0.25) is 0 Å². The van der Waals surface area contributed by atoms with Gasteiger partial charge < -0.3 is 19.5 Å². The molecule has 0 saturated carbocycles. The van der Waals surface area contributed by atoms with E-state index in [1.807, 2.05) is 18.7 Å². The van der Waals surface area contributed by atoms with Crippen molar-refractivity contribution in [3.05, 3.63) is 52.3 Å². The molecule has 1 saturated heterocycles. The van der Waals surface area contributed by atoms with Crippen molar-refractivity contribution in [3.63, 3.8) is 0 Å². The maximum atomic E-state index is 13.2. The molecule has 1 aliphatic rings. The Labute approximate surface area is 166 Å². The number of amides is 1. The van der Waals surface area contributed by atoms with Crippen molar-refractivity contribution < 1.29 is 14.3 Å². The van der Waals surface area contributed by atoms with E-state index in [-0.39, 0.29) is 11.9 Å². The van der Waals surface area contributed by atoms with Gasteiger partial charge in [-0.2, -0.15) is 0 Å². The molecule has 6 heteroatoms. The van der Waals surface area contributed by atoms with Gasteiger partial charge in [-0.25, -0.2) is 4.79 Å². The Hall–Kier alpha value is -2.76. The van der Waals surface area contributed by atoms with Crippen LogP contribution in [0.5, 0.6) is 0 Å². The first-order chi connectivity index (χ1) is 13.5. The zero-order chi connectivity index (χ0) is 20.3. The Kier molecular flexibility index (Phi) is 6.07. The van der Waals surface area contributed by atoms with Gasteiger partial charge in [0.15, 0.2) is 0 Å². The molecule has 0 bridgehead atoms. The third kappa shape index (κ3) is 3.91. The predicted octanol–water partition coefficient (Wildman–Crippen LogP) is 3.33. The molecule has 28 heavy (non-hydrogen) atoms. The number of esters is 1. The third-order valence-electron chi connectivity index (χ3n) is 5.33. The summed E-state index contributed by atoms with van der Waals surface area (Å²) in [6.45, 7) is 8.85. The number of H-pyrrole nitrogens is 1. The minimum absolute atomic E-state index is 0.0365. The first-order valence-corrected chi connectivity index (χ1v) is 9.86. The molecular formula is C22H29N3O3. The van der Waals surface area contributed by atoms with E-state index in [1.54, 1.807) is 0 Å². The first kappa shape index (κ1) is 20.0. The van der Waals surface area contributed by atoms with E-state index in [0.717, 1.165) is 25.1 Å². The maximum absolute atomic E-state index is 13.2. The van der Waals surface area contributed by atoms with Gasteiger partial charge in [-0.3, -0.25) is 4.79 Å². The van der Waals surface area contributed by atoms with Crippen molar-refractivity contribution in [1.29, 1.82) is 0 Å². The van der Waals surface area contributed by atoms with Gasteiger partial charge >= 0.3 is 5.97 Å². The summed E-state index contributed by atoms with van der Waals surface area (Å²) in [5.41, 5.74) is 4.93. The second kappa shape index (κ2) is 8.50. The zero-order valence-electron chi connectivity index (χ0n) is 17.2. The molecule has 1 N–H and O–H groups in total. The molecule has 0 atom stereocenters. The fourth-order valence-electron chi connectivity index (χ4n) is 3.89. The lowest BCUT2D eigenvalue weighted by Gasteiger charge is -2.36. The Balaban J connectivity index is 1.77. The highest BCUT2D eigenvalue weighted by atomic mass is 16.5. The lowest BCUT2D eigenvalue weighted by Crippen LogP contribution is -2.49. The quantitative estimate of drug-likeness (QED) is 0.805. The van der Waals surface area contributed by atoms with E-state index in [0.29, 0.717) is 36.5 Å². The summed E-state index contributed by atoms with van der Waals surface area (Å²) in [7, 11) is 1.37. The van der Waals surface area contributed by atoms with Crippen LogP contribution < -0.4 is 4.90 Å². The van der Waals surface area contributed by atoms with E-state index in [4.69, 9.17) is 4.74 Å². The Bertz CT molecular complexity index is 864. The number of ether oxygens (including phenoxy) is 1. The number of rotatable bonds is 5. The summed E-state index contributed by atoms with van der Waals surface area (Å²) in [6.07, 6.45) is 1.52. The summed E-state index contributed by atoms with van der Waals surface area (Å²) in [6, 6.07) is 8.44. The molecule has 2 aromatic rings. The highest BCUT2D eigenvalue weighted by molar-refractivity contribution is 6.00. The van der Waals surface area contributed by atoms with Crippen molar-refractivity contribution >= 4 is 17.6 Å². The normalized spacial score (nSPS) is 14.3. The van der Waals surface area contributed by atoms with E-state index in [1.165, 1.54) is 18.4 Å². The van der Waals surface area contributed by atoms with Crippen LogP contribution in [0, 0.1) is 13.8 Å². The second-order valence-corrected chi connectivity index (χ2v) is 7.34. The number of hydrogen-bond donors (Lipinski definition) is 1. The lowest BCUT2D eigenvalue weighted by atomic mass is 10.0. The number of nitrogens with zero attached hydrogens (tertiary/aromatic N) is 2. The van der Waals surface area contributed by atoms with Crippen molar-refractivity contribution in [3.8, 4) is 0 Å². The molecule has 0 radical (unpaired) electrons. The molecule has 1 fully saturated rings. The van der Waals surface area contributed by atoms with Gasteiger partial charge in [-0.05, 0) is 43.5 Å². The fraction of sp³-hybridized carbons (Fsp3) is 0.455. The molecular weight excluding hydrogens is 354 g/mol. The summed E-state index contributed by atoms with van der Waals surface area (Å²) in [4.78, 5) is 32.7. The molecule has 3 rings (SSSR count). The maximum Gasteiger partial charge on any atom is 0.339 e. The number of benzene rings is 1. The standard InChI is InChI=1S/C22H29N3O3/c1-5-7-18-19(22(27)28-4)16(3)23-20(18)21(26)25-12-10-24(11-13-25)17-9-6-8-15(2)14-17/h6,8-9,14,23H,5,7,10-13H2,1-4H3. The van der Waals surface area contributed by atoms with Crippen molar-refractivity contribution in [2.24, 2.45) is 0 Å². The summed E-state index contributed by atoms with van der Waals surface area (Å²) < 4.78 is 4.92. The first-order valence-electron chi connectivity index (χ1n) is 9.86. The SMILES string of the molecule is CCCc1c(C(=O)N2CCN(c3cccc(C)c3)CC2)[nH]c(C)c1C(=O)OC. The number of aromatic nitrogens is 1. The van der Waals surface area contributed by atoms with Crippen LogP contribution >= 0.6 is 0 Å². The number of aromatic amines is 1. The second-order valence-electron chi connectivity index (χ2n) is 7.34. The lowest BCUT2D eigenvalue weighted by molar-refractivity contribution is 0.0599. The van der Waals surface area contributed by atoms with Gasteiger partial charge in [0.25, 0.3) is 5.91 Å². The molecule has 6 nitrogen and oxygen atoms in total. The van der Waals surface area contributed by atoms with E-state index in [2.05, 4.69) is 41.1 Å². The van der Waals surface area contributed by atoms with Crippen LogP contribution in [0.25, 0.3) is 0 Å². The molecule has 2 heterocycles. The predicted molar refractivity (Wildman–Crippen MR) is 110 cm³/mol. The van der Waals surface area contributed by atoms with Crippen LogP contribution in [-0.4, -0.2) is 55.0 Å². The summed E-state index contributed by atoms with van der Waals surface area (Å²) >= 11 is 0. The smallest absolute Gasteiger partial charge is 0.339 e. The van der Waals surface area contributed by atoms with Gasteiger partial charge in [-0.1, -0.05) is 25.5 Å². The molecule has 1 amide bonds. The average Bonchev–Trinajstić information content (AvgIpc) is 3.03. The number of piperazine rings is 1. The molecule has 0 aliphatic carbocycles. The summed E-state index contributed by atoms with van der Waals surface area (Å²) in [5, 5.41) is 0. The minimum atomic E-state index is -0.388. The van der Waals surface area contributed by atoms with Crippen LogP contribution in [-0.2, 0) is 11.2 Å². The Morgan fingerprint density at radius 1 is 1.14 bits per heavy atom. The Morgan fingerprint density at radius 2 is 1.86 bits per heavy atom. The fourth-order valence-corrected chi connectivity index (χ4v) is 3.89. The van der Waals surface area contributed by atoms with Gasteiger partial charge in [0.05, 0.1) is 12.7 Å². The molecule has 0 spiro atoms. The average molecular weight is 383 g/mol. The van der Waals surface area contributed by atoms with E-state index < -0.39 is 0 Å². The third-order valence-corrected chi connectivity index (χ3v) is 5.33. The van der Waals surface area contributed by atoms with Crippen molar-refractivity contribution in [1.82, 2.24) is 9.88 Å². The zero-order valence-corrected chi connectivity index (χ0v) is 17.2.